The third-order valence-electron chi connectivity index (χ3n) is 11.2. The van der Waals surface area contributed by atoms with Crippen molar-refractivity contribution in [1.82, 2.24) is 0 Å². The molecule has 0 fully saturated rings. The molecule has 0 N–H and O–H groups in total. The van der Waals surface area contributed by atoms with Gasteiger partial charge in [-0.15, -0.1) is 0 Å². The second-order valence-corrected chi connectivity index (χ2v) is 14.4. The molecule has 0 bridgehead atoms. The highest BCUT2D eigenvalue weighted by Crippen LogP contribution is 2.55. The van der Waals surface area contributed by atoms with Gasteiger partial charge >= 0.3 is 0 Å². The van der Waals surface area contributed by atoms with E-state index in [9.17, 15) is 0 Å². The highest BCUT2D eigenvalue weighted by atomic mass is 16.5. The van der Waals surface area contributed by atoms with Crippen molar-refractivity contribution in [1.29, 1.82) is 0 Å². The van der Waals surface area contributed by atoms with Gasteiger partial charge in [-0.25, -0.2) is 0 Å². The zero-order valence-corrected chi connectivity index (χ0v) is 30.5. The molecule has 0 radical (unpaired) electrons. The fourth-order valence-corrected chi connectivity index (χ4v) is 8.68. The lowest BCUT2D eigenvalue weighted by Gasteiger charge is -2.31. The smallest absolute Gasteiger partial charge is 0.148 e. The van der Waals surface area contributed by atoms with Crippen LogP contribution >= 0.6 is 0 Å². The monoisotopic (exact) mass is 720 g/mol. The van der Waals surface area contributed by atoms with Gasteiger partial charge in [0.1, 0.15) is 23.4 Å². The molecule has 266 valence electrons. The van der Waals surface area contributed by atoms with E-state index >= 15 is 0 Å². The van der Waals surface area contributed by atoms with E-state index in [1.165, 1.54) is 5.56 Å². The molecule has 4 nitrogen and oxygen atoms in total. The molecule has 0 spiro atoms. The summed E-state index contributed by atoms with van der Waals surface area (Å²) in [5.41, 5.74) is 12.0. The molecule has 2 heterocycles. The van der Waals surface area contributed by atoms with Crippen molar-refractivity contribution >= 4 is 44.9 Å². The lowest BCUT2D eigenvalue weighted by molar-refractivity contribution is 0.269. The van der Waals surface area contributed by atoms with Gasteiger partial charge in [0, 0.05) is 50.8 Å². The predicted molar refractivity (Wildman–Crippen MR) is 230 cm³/mol. The van der Waals surface area contributed by atoms with Crippen molar-refractivity contribution < 1.29 is 9.47 Å². The van der Waals surface area contributed by atoms with Crippen molar-refractivity contribution in [3.05, 3.63) is 212 Å². The lowest BCUT2D eigenvalue weighted by atomic mass is 9.91. The maximum Gasteiger partial charge on any atom is 0.148 e. The number of para-hydroxylation sites is 4. The van der Waals surface area contributed by atoms with Crippen LogP contribution < -0.4 is 19.3 Å². The molecule has 1 aliphatic carbocycles. The summed E-state index contributed by atoms with van der Waals surface area (Å²) in [6.45, 7) is 0. The standard InChI is InChI=1S/C52H36N2O2/c1-4-16-35(17-5-1)39-22-10-12-26-45(39)54(47-27-14-24-43-40-23-11-13-28-48(40)56-52(43)47)38-30-31-41-42-32-33-46(44-25-15-29-49(51(42)44)55-50(41)34-38)53(36-18-6-2-7-19-36)37-20-8-3-9-21-37/h1-34,40,48H. The molecule has 8 aromatic carbocycles. The topological polar surface area (TPSA) is 24.9 Å². The second kappa shape index (κ2) is 13.2. The van der Waals surface area contributed by atoms with Crippen LogP contribution in [-0.4, -0.2) is 6.10 Å². The van der Waals surface area contributed by atoms with Crippen molar-refractivity contribution in [2.24, 2.45) is 0 Å². The molecular formula is C52H36N2O2. The van der Waals surface area contributed by atoms with E-state index in [4.69, 9.17) is 9.47 Å². The molecule has 3 aliphatic rings. The highest BCUT2D eigenvalue weighted by molar-refractivity contribution is 6.11. The van der Waals surface area contributed by atoms with Crippen LogP contribution in [0, 0.1) is 0 Å². The van der Waals surface area contributed by atoms with E-state index in [2.05, 4.69) is 216 Å². The first-order valence-electron chi connectivity index (χ1n) is 19.2. The average molecular weight is 721 g/mol. The van der Waals surface area contributed by atoms with E-state index in [1.54, 1.807) is 0 Å². The molecule has 0 saturated heterocycles. The third kappa shape index (κ3) is 5.22. The summed E-state index contributed by atoms with van der Waals surface area (Å²) >= 11 is 0. The number of hydrogen-bond acceptors (Lipinski definition) is 4. The fraction of sp³-hybridized carbons (Fsp3) is 0.0385. The quantitative estimate of drug-likeness (QED) is 0.164. The van der Waals surface area contributed by atoms with Gasteiger partial charge in [-0.1, -0.05) is 133 Å². The van der Waals surface area contributed by atoms with Crippen molar-refractivity contribution in [2.75, 3.05) is 9.80 Å². The summed E-state index contributed by atoms with van der Waals surface area (Å²) in [6.07, 6.45) is 8.58. The van der Waals surface area contributed by atoms with Gasteiger partial charge in [0.25, 0.3) is 0 Å². The summed E-state index contributed by atoms with van der Waals surface area (Å²) in [4.78, 5) is 4.66. The Bertz CT molecular complexity index is 2790. The first-order valence-corrected chi connectivity index (χ1v) is 19.2. The Morgan fingerprint density at radius 3 is 1.91 bits per heavy atom. The Labute approximate surface area is 326 Å². The number of allylic oxidation sites excluding steroid dienone is 2. The Balaban J connectivity index is 1.08. The molecule has 56 heavy (non-hydrogen) atoms. The van der Waals surface area contributed by atoms with Gasteiger partial charge in [-0.3, -0.25) is 0 Å². The molecule has 8 aromatic rings. The molecule has 0 saturated carbocycles. The Morgan fingerprint density at radius 2 is 1.11 bits per heavy atom. The minimum absolute atomic E-state index is 0.0316. The van der Waals surface area contributed by atoms with E-state index in [0.717, 1.165) is 84.4 Å². The van der Waals surface area contributed by atoms with Crippen LogP contribution in [0.2, 0.25) is 0 Å². The largest absolute Gasteiger partial charge is 0.483 e. The van der Waals surface area contributed by atoms with Gasteiger partial charge < -0.3 is 19.3 Å². The van der Waals surface area contributed by atoms with Gasteiger partial charge in [0.05, 0.1) is 22.7 Å². The number of nitrogens with zero attached hydrogens (tertiary/aromatic N) is 2. The first kappa shape index (κ1) is 32.2. The molecular weight excluding hydrogens is 685 g/mol. The van der Waals surface area contributed by atoms with Crippen LogP contribution in [0.25, 0.3) is 33.0 Å². The Kier molecular flexibility index (Phi) is 7.59. The summed E-state index contributed by atoms with van der Waals surface area (Å²) in [7, 11) is 0. The normalized spacial score (nSPS) is 15.6. The summed E-state index contributed by atoms with van der Waals surface area (Å²) in [5.74, 6) is 2.74. The predicted octanol–water partition coefficient (Wildman–Crippen LogP) is 14.2. The van der Waals surface area contributed by atoms with Crippen LogP contribution in [0.5, 0.6) is 17.2 Å². The summed E-state index contributed by atoms with van der Waals surface area (Å²) in [6, 6.07) is 64.4. The van der Waals surface area contributed by atoms with Crippen LogP contribution in [0.3, 0.4) is 0 Å². The van der Waals surface area contributed by atoms with Gasteiger partial charge in [0.15, 0.2) is 0 Å². The van der Waals surface area contributed by atoms with E-state index in [1.807, 2.05) is 0 Å². The molecule has 11 rings (SSSR count). The molecule has 0 aromatic heterocycles. The SMILES string of the molecule is C1=CC2Oc3c(cccc3N(c3ccc4c(c3)Oc3cccc5c(N(c6ccccc6)c6ccccc6)ccc-4c35)c3ccccc3-c3ccccc3)C2C=C1. The van der Waals surface area contributed by atoms with Crippen LogP contribution in [0.15, 0.2) is 206 Å². The zero-order valence-electron chi connectivity index (χ0n) is 30.5. The number of anilines is 6. The first-order chi connectivity index (χ1) is 27.8. The fourth-order valence-electron chi connectivity index (χ4n) is 8.68. The van der Waals surface area contributed by atoms with Gasteiger partial charge in [-0.2, -0.15) is 0 Å². The zero-order chi connectivity index (χ0) is 37.0. The van der Waals surface area contributed by atoms with Crippen LogP contribution in [-0.2, 0) is 0 Å². The number of fused-ring (bicyclic) bond motifs is 5. The number of rotatable bonds is 7. The van der Waals surface area contributed by atoms with Crippen molar-refractivity contribution in [2.45, 2.75) is 12.0 Å². The molecule has 2 unspecified atom stereocenters. The minimum Gasteiger partial charge on any atom is -0.483 e. The van der Waals surface area contributed by atoms with E-state index in [0.29, 0.717) is 0 Å². The number of hydrogen-bond donors (Lipinski definition) is 0. The van der Waals surface area contributed by atoms with Crippen molar-refractivity contribution in [3.8, 4) is 39.5 Å². The maximum atomic E-state index is 6.95. The lowest BCUT2D eigenvalue weighted by Crippen LogP contribution is -2.16. The molecule has 0 amide bonds. The van der Waals surface area contributed by atoms with Gasteiger partial charge in [-0.05, 0) is 77.9 Å². The van der Waals surface area contributed by atoms with E-state index < -0.39 is 0 Å². The molecule has 2 aliphatic heterocycles. The van der Waals surface area contributed by atoms with Crippen LogP contribution in [0.4, 0.5) is 34.1 Å². The van der Waals surface area contributed by atoms with Crippen molar-refractivity contribution in [3.63, 3.8) is 0 Å². The second-order valence-electron chi connectivity index (χ2n) is 14.4. The third-order valence-corrected chi connectivity index (χ3v) is 11.2. The number of benzene rings is 8. The molecule has 4 heteroatoms. The van der Waals surface area contributed by atoms with Crippen LogP contribution in [0.1, 0.15) is 11.5 Å². The minimum atomic E-state index is -0.0316. The van der Waals surface area contributed by atoms with Gasteiger partial charge in [0.2, 0.25) is 0 Å². The Hall–Kier alpha value is -7.30. The maximum absolute atomic E-state index is 6.95. The molecule has 2 atom stereocenters. The summed E-state index contributed by atoms with van der Waals surface area (Å²) < 4.78 is 13.7. The van der Waals surface area contributed by atoms with E-state index in [-0.39, 0.29) is 12.0 Å². The highest BCUT2D eigenvalue weighted by Gasteiger charge is 2.36. The number of ether oxygens (including phenoxy) is 2. The summed E-state index contributed by atoms with van der Waals surface area (Å²) in [5, 5.41) is 2.23. The Morgan fingerprint density at radius 1 is 0.429 bits per heavy atom. The average Bonchev–Trinajstić information content (AvgIpc) is 3.65.